The minimum atomic E-state index is -3.53. The number of aliphatic hydroxyl groups excluding tert-OH is 1. The Morgan fingerprint density at radius 1 is 1.35 bits per heavy atom. The highest BCUT2D eigenvalue weighted by molar-refractivity contribution is 7.89. The van der Waals surface area contributed by atoms with Crippen LogP contribution in [-0.4, -0.2) is 44.1 Å². The lowest BCUT2D eigenvalue weighted by Gasteiger charge is -2.19. The Balaban J connectivity index is 0.00000256. The number of halogens is 1. The summed E-state index contributed by atoms with van der Waals surface area (Å²) in [6.07, 6.45) is -0.844. The molecule has 0 saturated carbocycles. The largest absolute Gasteiger partial charge is 0.390 e. The van der Waals surface area contributed by atoms with E-state index in [2.05, 4.69) is 0 Å². The van der Waals surface area contributed by atoms with Crippen molar-refractivity contribution in [1.82, 2.24) is 4.31 Å². The summed E-state index contributed by atoms with van der Waals surface area (Å²) < 4.78 is 25.0. The molecule has 0 amide bonds. The smallest absolute Gasteiger partial charge is 0.242 e. The highest BCUT2D eigenvalue weighted by Gasteiger charge is 2.21. The van der Waals surface area contributed by atoms with Crippen molar-refractivity contribution in [2.45, 2.75) is 11.0 Å². The molecule has 0 saturated heterocycles. The molecule has 3 N–H and O–H groups in total. The lowest BCUT2D eigenvalue weighted by Crippen LogP contribution is -2.37. The van der Waals surface area contributed by atoms with Crippen LogP contribution >= 0.6 is 12.4 Å². The van der Waals surface area contributed by atoms with Gasteiger partial charge in [0.2, 0.25) is 10.0 Å². The summed E-state index contributed by atoms with van der Waals surface area (Å²) in [5, 5.41) is 9.31. The van der Waals surface area contributed by atoms with Gasteiger partial charge < -0.3 is 10.8 Å². The quantitative estimate of drug-likeness (QED) is 0.798. The second-order valence-electron chi connectivity index (χ2n) is 3.49. The molecule has 0 spiro atoms. The van der Waals surface area contributed by atoms with Crippen molar-refractivity contribution in [3.8, 4) is 0 Å². The van der Waals surface area contributed by atoms with Gasteiger partial charge in [-0.3, -0.25) is 0 Å². The molecule has 0 aliphatic carbocycles. The molecule has 1 atom stereocenters. The van der Waals surface area contributed by atoms with Crippen molar-refractivity contribution in [2.24, 2.45) is 5.73 Å². The number of rotatable bonds is 5. The van der Waals surface area contributed by atoms with Crippen LogP contribution in [-0.2, 0) is 10.0 Å². The highest BCUT2D eigenvalue weighted by Crippen LogP contribution is 2.13. The van der Waals surface area contributed by atoms with Crippen LogP contribution in [0.1, 0.15) is 0 Å². The molecule has 1 unspecified atom stereocenters. The third kappa shape index (κ3) is 4.25. The second kappa shape index (κ2) is 6.93. The Labute approximate surface area is 108 Å². The van der Waals surface area contributed by atoms with Crippen LogP contribution in [0.15, 0.2) is 35.2 Å². The topological polar surface area (TPSA) is 83.6 Å². The molecular weight excluding hydrogens is 264 g/mol. The number of benzene rings is 1. The molecule has 0 radical (unpaired) electrons. The zero-order chi connectivity index (χ0) is 12.2. The minimum Gasteiger partial charge on any atom is -0.390 e. The summed E-state index contributed by atoms with van der Waals surface area (Å²) in [7, 11) is -2.11. The number of aliphatic hydroxyl groups is 1. The Hall–Kier alpha value is -0.660. The van der Waals surface area contributed by atoms with Crippen LogP contribution in [0, 0.1) is 0 Å². The van der Waals surface area contributed by atoms with Gasteiger partial charge in [-0.25, -0.2) is 8.42 Å². The fourth-order valence-corrected chi connectivity index (χ4v) is 2.47. The number of hydrogen-bond donors (Lipinski definition) is 2. The van der Waals surface area contributed by atoms with Crippen LogP contribution < -0.4 is 5.73 Å². The third-order valence-electron chi connectivity index (χ3n) is 2.19. The highest BCUT2D eigenvalue weighted by atomic mass is 35.5. The number of hydrogen-bond acceptors (Lipinski definition) is 4. The van der Waals surface area contributed by atoms with E-state index in [1.165, 1.54) is 19.2 Å². The first-order valence-electron chi connectivity index (χ1n) is 4.88. The van der Waals surface area contributed by atoms with Crippen LogP contribution in [0.2, 0.25) is 0 Å². The molecule has 0 bridgehead atoms. The summed E-state index contributed by atoms with van der Waals surface area (Å²) in [6.45, 7) is 0.0301. The van der Waals surface area contributed by atoms with Crippen molar-refractivity contribution in [3.63, 3.8) is 0 Å². The normalized spacial score (nSPS) is 13.2. The van der Waals surface area contributed by atoms with Gasteiger partial charge in [0.05, 0.1) is 11.0 Å². The Morgan fingerprint density at radius 2 is 1.88 bits per heavy atom. The molecular formula is C10H17ClN2O3S. The van der Waals surface area contributed by atoms with Crippen molar-refractivity contribution in [1.29, 1.82) is 0 Å². The van der Waals surface area contributed by atoms with E-state index in [-0.39, 0.29) is 30.4 Å². The van der Waals surface area contributed by atoms with Crippen molar-refractivity contribution >= 4 is 22.4 Å². The molecule has 98 valence electrons. The Bertz CT molecular complexity index is 424. The predicted molar refractivity (Wildman–Crippen MR) is 68.6 cm³/mol. The summed E-state index contributed by atoms with van der Waals surface area (Å²) in [4.78, 5) is 0.210. The molecule has 5 nitrogen and oxygen atoms in total. The lowest BCUT2D eigenvalue weighted by molar-refractivity contribution is 0.160. The van der Waals surface area contributed by atoms with E-state index in [1.807, 2.05) is 0 Å². The van der Waals surface area contributed by atoms with Gasteiger partial charge in [0.1, 0.15) is 0 Å². The summed E-state index contributed by atoms with van der Waals surface area (Å²) in [6, 6.07) is 8.08. The van der Waals surface area contributed by atoms with E-state index in [0.717, 1.165) is 4.31 Å². The molecule has 0 aliphatic heterocycles. The molecule has 17 heavy (non-hydrogen) atoms. The summed E-state index contributed by atoms with van der Waals surface area (Å²) in [5.74, 6) is 0. The SMILES string of the molecule is CN(CC(O)CN)S(=O)(=O)c1ccccc1.Cl. The van der Waals surface area contributed by atoms with E-state index >= 15 is 0 Å². The van der Waals surface area contributed by atoms with E-state index < -0.39 is 16.1 Å². The van der Waals surface area contributed by atoms with Gasteiger partial charge in [-0.1, -0.05) is 18.2 Å². The van der Waals surface area contributed by atoms with Crippen LogP contribution in [0.5, 0.6) is 0 Å². The first-order valence-corrected chi connectivity index (χ1v) is 6.32. The molecule has 1 rings (SSSR count). The Morgan fingerprint density at radius 3 is 2.35 bits per heavy atom. The molecule has 1 aromatic rings. The van der Waals surface area contributed by atoms with E-state index in [0.29, 0.717) is 0 Å². The van der Waals surface area contributed by atoms with Gasteiger partial charge in [0.25, 0.3) is 0 Å². The van der Waals surface area contributed by atoms with Crippen molar-refractivity contribution < 1.29 is 13.5 Å². The molecule has 0 aliphatic rings. The number of nitrogens with two attached hydrogens (primary N) is 1. The van der Waals surface area contributed by atoms with Crippen molar-refractivity contribution in [2.75, 3.05) is 20.1 Å². The molecule has 0 heterocycles. The molecule has 0 fully saturated rings. The van der Waals surface area contributed by atoms with Crippen LogP contribution in [0.25, 0.3) is 0 Å². The fraction of sp³-hybridized carbons (Fsp3) is 0.400. The monoisotopic (exact) mass is 280 g/mol. The molecule has 7 heteroatoms. The average Bonchev–Trinajstić information content (AvgIpc) is 2.29. The van der Waals surface area contributed by atoms with E-state index in [9.17, 15) is 13.5 Å². The maximum absolute atomic E-state index is 12.0. The first kappa shape index (κ1) is 16.3. The van der Waals surface area contributed by atoms with Gasteiger partial charge in [0, 0.05) is 20.1 Å². The number of likely N-dealkylation sites (N-methyl/N-ethyl adjacent to an activating group) is 1. The number of sulfonamides is 1. The summed E-state index contributed by atoms with van der Waals surface area (Å²) >= 11 is 0. The van der Waals surface area contributed by atoms with Gasteiger partial charge in [-0.05, 0) is 12.1 Å². The third-order valence-corrected chi connectivity index (χ3v) is 4.03. The van der Waals surface area contributed by atoms with Gasteiger partial charge >= 0.3 is 0 Å². The van der Waals surface area contributed by atoms with Gasteiger partial charge in [-0.2, -0.15) is 4.31 Å². The maximum Gasteiger partial charge on any atom is 0.242 e. The lowest BCUT2D eigenvalue weighted by atomic mass is 10.4. The second-order valence-corrected chi connectivity index (χ2v) is 5.53. The maximum atomic E-state index is 12.0. The Kier molecular flexibility index (Phi) is 6.66. The standard InChI is InChI=1S/C10H16N2O3S.ClH/c1-12(8-9(13)7-11)16(14,15)10-5-3-2-4-6-10;/h2-6,9,13H,7-8,11H2,1H3;1H. The zero-order valence-electron chi connectivity index (χ0n) is 9.48. The van der Waals surface area contributed by atoms with E-state index in [1.54, 1.807) is 18.2 Å². The first-order chi connectivity index (χ1) is 7.48. The van der Waals surface area contributed by atoms with Gasteiger partial charge in [0.15, 0.2) is 0 Å². The summed E-state index contributed by atoms with van der Waals surface area (Å²) in [5.41, 5.74) is 5.23. The fourth-order valence-electron chi connectivity index (χ4n) is 1.24. The average molecular weight is 281 g/mol. The predicted octanol–water partition coefficient (Wildman–Crippen LogP) is 0.0485. The minimum absolute atomic E-state index is 0. The van der Waals surface area contributed by atoms with Crippen LogP contribution in [0.4, 0.5) is 0 Å². The number of nitrogens with zero attached hydrogens (tertiary/aromatic N) is 1. The van der Waals surface area contributed by atoms with Crippen molar-refractivity contribution in [3.05, 3.63) is 30.3 Å². The molecule has 1 aromatic carbocycles. The van der Waals surface area contributed by atoms with Gasteiger partial charge in [-0.15, -0.1) is 12.4 Å². The van der Waals surface area contributed by atoms with Crippen LogP contribution in [0.3, 0.4) is 0 Å². The molecule has 0 aromatic heterocycles. The van der Waals surface area contributed by atoms with E-state index in [4.69, 9.17) is 5.73 Å². The zero-order valence-corrected chi connectivity index (χ0v) is 11.1.